The highest BCUT2D eigenvalue weighted by molar-refractivity contribution is 9.10. The maximum atomic E-state index is 12.3. The van der Waals surface area contributed by atoms with Gasteiger partial charge < -0.3 is 14.2 Å². The number of hydrogen-bond donors (Lipinski definition) is 1. The smallest absolute Gasteiger partial charge is 0.275 e. The minimum absolute atomic E-state index is 0.363. The molecule has 0 aliphatic rings. The summed E-state index contributed by atoms with van der Waals surface area (Å²) in [6.45, 7) is 2.33. The number of nitrogens with one attached hydrogen (secondary N) is 1. The van der Waals surface area contributed by atoms with Gasteiger partial charge in [-0.25, -0.2) is 5.43 Å². The molecule has 0 saturated carbocycles. The number of rotatable bonds is 7. The van der Waals surface area contributed by atoms with Gasteiger partial charge in [0.05, 0.1) is 37.6 Å². The Kier molecular flexibility index (Phi) is 7.29. The molecule has 0 bridgehead atoms. The van der Waals surface area contributed by atoms with Crippen LogP contribution in [0.15, 0.2) is 39.9 Å². The van der Waals surface area contributed by atoms with Crippen molar-refractivity contribution in [3.05, 3.63) is 51.0 Å². The molecule has 0 aliphatic heterocycles. The average molecular weight is 442 g/mol. The predicted molar refractivity (Wildman–Crippen MR) is 105 cm³/mol. The molecule has 0 unspecified atom stereocenters. The molecule has 2 aromatic rings. The first kappa shape index (κ1) is 20.1. The number of ether oxygens (including phenoxy) is 3. The van der Waals surface area contributed by atoms with Crippen LogP contribution in [-0.4, -0.2) is 32.9 Å². The number of nitrogens with zero attached hydrogens (tertiary/aromatic N) is 1. The second kappa shape index (κ2) is 9.45. The fourth-order valence-corrected chi connectivity index (χ4v) is 2.86. The molecule has 6 nitrogen and oxygen atoms in total. The summed E-state index contributed by atoms with van der Waals surface area (Å²) in [6.07, 6.45) is 1.47. The lowest BCUT2D eigenvalue weighted by Gasteiger charge is -2.11. The molecule has 138 valence electrons. The standard InChI is InChI=1S/C18H18BrClN2O4/c1-4-26-16-8-11(7-14(20)17(16)25-3)10-21-22-18(23)13-9-12(19)5-6-15(13)24-2/h5-10H,4H2,1-3H3,(H,22,23)/b21-10-. The average Bonchev–Trinajstić information content (AvgIpc) is 2.61. The molecule has 26 heavy (non-hydrogen) atoms. The molecule has 1 amide bonds. The maximum absolute atomic E-state index is 12.3. The summed E-state index contributed by atoms with van der Waals surface area (Å²) in [6, 6.07) is 8.52. The van der Waals surface area contributed by atoms with Crippen molar-refractivity contribution in [3.63, 3.8) is 0 Å². The van der Waals surface area contributed by atoms with Crippen molar-refractivity contribution in [1.82, 2.24) is 5.43 Å². The number of amides is 1. The van der Waals surface area contributed by atoms with Crippen molar-refractivity contribution in [2.24, 2.45) is 5.10 Å². The summed E-state index contributed by atoms with van der Waals surface area (Å²) in [5, 5.41) is 4.36. The molecule has 0 spiro atoms. The van der Waals surface area contributed by atoms with Crippen molar-refractivity contribution in [2.45, 2.75) is 6.92 Å². The fourth-order valence-electron chi connectivity index (χ4n) is 2.21. The van der Waals surface area contributed by atoms with Crippen LogP contribution in [0, 0.1) is 0 Å². The van der Waals surface area contributed by atoms with Crippen LogP contribution in [-0.2, 0) is 0 Å². The number of carbonyl (C=O) groups excluding carboxylic acids is 1. The van der Waals surface area contributed by atoms with Gasteiger partial charge in [0, 0.05) is 4.47 Å². The van der Waals surface area contributed by atoms with Gasteiger partial charge in [-0.2, -0.15) is 5.10 Å². The number of methoxy groups -OCH3 is 2. The summed E-state index contributed by atoms with van der Waals surface area (Å²) in [5.74, 6) is 1.01. The van der Waals surface area contributed by atoms with Gasteiger partial charge in [0.1, 0.15) is 5.75 Å². The van der Waals surface area contributed by atoms with Crippen LogP contribution in [0.2, 0.25) is 5.02 Å². The van der Waals surface area contributed by atoms with Crippen LogP contribution in [0.5, 0.6) is 17.2 Å². The van der Waals surface area contributed by atoms with E-state index in [-0.39, 0.29) is 0 Å². The first-order valence-corrected chi connectivity index (χ1v) is 8.84. The largest absolute Gasteiger partial charge is 0.496 e. The zero-order valence-corrected chi connectivity index (χ0v) is 16.8. The summed E-state index contributed by atoms with van der Waals surface area (Å²) in [7, 11) is 3.01. The second-order valence-corrected chi connectivity index (χ2v) is 6.33. The Morgan fingerprint density at radius 2 is 2.00 bits per heavy atom. The lowest BCUT2D eigenvalue weighted by molar-refractivity contribution is 0.0952. The van der Waals surface area contributed by atoms with Crippen molar-refractivity contribution < 1.29 is 19.0 Å². The zero-order chi connectivity index (χ0) is 19.1. The molecule has 0 aliphatic carbocycles. The van der Waals surface area contributed by atoms with E-state index in [4.69, 9.17) is 25.8 Å². The first-order valence-electron chi connectivity index (χ1n) is 7.67. The Labute approximate surface area is 165 Å². The van der Waals surface area contributed by atoms with Gasteiger partial charge in [0.2, 0.25) is 0 Å². The highest BCUT2D eigenvalue weighted by Crippen LogP contribution is 2.35. The lowest BCUT2D eigenvalue weighted by Crippen LogP contribution is -2.18. The van der Waals surface area contributed by atoms with Gasteiger partial charge >= 0.3 is 0 Å². The van der Waals surface area contributed by atoms with Gasteiger partial charge in [0.25, 0.3) is 5.91 Å². The van der Waals surface area contributed by atoms with Gasteiger partial charge in [-0.15, -0.1) is 0 Å². The van der Waals surface area contributed by atoms with E-state index in [9.17, 15) is 4.79 Å². The van der Waals surface area contributed by atoms with E-state index in [1.165, 1.54) is 20.4 Å². The van der Waals surface area contributed by atoms with E-state index in [2.05, 4.69) is 26.5 Å². The van der Waals surface area contributed by atoms with Gasteiger partial charge in [-0.3, -0.25) is 4.79 Å². The Morgan fingerprint density at radius 1 is 1.23 bits per heavy atom. The van der Waals surface area contributed by atoms with E-state index in [1.54, 1.807) is 30.3 Å². The minimum atomic E-state index is -0.399. The number of hydrazone groups is 1. The van der Waals surface area contributed by atoms with Gasteiger partial charge in [-0.1, -0.05) is 27.5 Å². The number of carbonyl (C=O) groups is 1. The van der Waals surface area contributed by atoms with Crippen molar-refractivity contribution >= 4 is 39.7 Å². The molecule has 2 rings (SSSR count). The fraction of sp³-hybridized carbons (Fsp3) is 0.222. The third-order valence-electron chi connectivity index (χ3n) is 3.32. The van der Waals surface area contributed by atoms with E-state index in [1.807, 2.05) is 6.92 Å². The van der Waals surface area contributed by atoms with Crippen LogP contribution in [0.3, 0.4) is 0 Å². The highest BCUT2D eigenvalue weighted by Gasteiger charge is 2.13. The van der Waals surface area contributed by atoms with Crippen LogP contribution in [0.4, 0.5) is 0 Å². The molecule has 0 radical (unpaired) electrons. The Balaban J connectivity index is 2.18. The molecule has 2 aromatic carbocycles. The zero-order valence-electron chi connectivity index (χ0n) is 14.5. The topological polar surface area (TPSA) is 69.2 Å². The van der Waals surface area contributed by atoms with E-state index in [0.29, 0.717) is 40.0 Å². The molecular weight excluding hydrogens is 424 g/mol. The molecule has 8 heteroatoms. The molecule has 1 N–H and O–H groups in total. The molecule has 0 heterocycles. The predicted octanol–water partition coefficient (Wildman–Crippen LogP) is 4.28. The molecule has 0 aromatic heterocycles. The Morgan fingerprint density at radius 3 is 2.65 bits per heavy atom. The number of benzene rings is 2. The van der Waals surface area contributed by atoms with Crippen LogP contribution < -0.4 is 19.6 Å². The summed E-state index contributed by atoms with van der Waals surface area (Å²) in [5.41, 5.74) is 3.48. The lowest BCUT2D eigenvalue weighted by atomic mass is 10.2. The van der Waals surface area contributed by atoms with Crippen LogP contribution >= 0.6 is 27.5 Å². The molecule has 0 atom stereocenters. The molecule has 0 saturated heterocycles. The monoisotopic (exact) mass is 440 g/mol. The van der Waals surface area contributed by atoms with Crippen molar-refractivity contribution in [3.8, 4) is 17.2 Å². The number of hydrogen-bond acceptors (Lipinski definition) is 5. The number of halogens is 2. The summed E-state index contributed by atoms with van der Waals surface area (Å²) >= 11 is 9.52. The minimum Gasteiger partial charge on any atom is -0.496 e. The van der Waals surface area contributed by atoms with E-state index in [0.717, 1.165) is 4.47 Å². The van der Waals surface area contributed by atoms with Crippen LogP contribution in [0.25, 0.3) is 0 Å². The van der Waals surface area contributed by atoms with Crippen molar-refractivity contribution in [1.29, 1.82) is 0 Å². The van der Waals surface area contributed by atoms with Gasteiger partial charge in [-0.05, 0) is 42.8 Å². The van der Waals surface area contributed by atoms with Gasteiger partial charge in [0.15, 0.2) is 11.5 Å². The highest BCUT2D eigenvalue weighted by atomic mass is 79.9. The quantitative estimate of drug-likeness (QED) is 0.514. The molecule has 0 fully saturated rings. The Hall–Kier alpha value is -2.25. The van der Waals surface area contributed by atoms with E-state index >= 15 is 0 Å². The Bertz CT molecular complexity index is 827. The third-order valence-corrected chi connectivity index (χ3v) is 4.10. The van der Waals surface area contributed by atoms with Crippen molar-refractivity contribution in [2.75, 3.05) is 20.8 Å². The first-order chi connectivity index (χ1) is 12.5. The maximum Gasteiger partial charge on any atom is 0.275 e. The van der Waals surface area contributed by atoms with Crippen LogP contribution in [0.1, 0.15) is 22.8 Å². The normalized spacial score (nSPS) is 10.7. The SMILES string of the molecule is CCOc1cc(/C=N\NC(=O)c2cc(Br)ccc2OC)cc(Cl)c1OC. The second-order valence-electron chi connectivity index (χ2n) is 5.01. The third kappa shape index (κ3) is 4.89. The summed E-state index contributed by atoms with van der Waals surface area (Å²) in [4.78, 5) is 12.3. The van der Waals surface area contributed by atoms with E-state index < -0.39 is 5.91 Å². The molecular formula is C18H18BrClN2O4. The summed E-state index contributed by atoms with van der Waals surface area (Å²) < 4.78 is 16.7.